The molecule has 68 valence electrons. The van der Waals surface area contributed by atoms with Crippen molar-refractivity contribution >= 4 is 17.9 Å². The summed E-state index contributed by atoms with van der Waals surface area (Å²) in [5.41, 5.74) is 0.280. The van der Waals surface area contributed by atoms with Crippen molar-refractivity contribution in [2.45, 2.75) is 0 Å². The van der Waals surface area contributed by atoms with E-state index < -0.39 is 11.9 Å². The van der Waals surface area contributed by atoms with Gasteiger partial charge in [0.2, 0.25) is 0 Å². The molecule has 5 heteroatoms. The van der Waals surface area contributed by atoms with Gasteiger partial charge in [-0.25, -0.2) is 9.18 Å². The molecule has 1 amide bonds. The Bertz CT molecular complexity index is 352. The molecular formula is C8H7FN2O2. The smallest absolute Gasteiger partial charge is 0.409 e. The van der Waals surface area contributed by atoms with Gasteiger partial charge in [0.15, 0.2) is 5.82 Å². The van der Waals surface area contributed by atoms with Gasteiger partial charge in [-0.2, -0.15) is 0 Å². The number of nitrogens with zero attached hydrogens (tertiary/aromatic N) is 1. The quantitative estimate of drug-likeness (QED) is 0.734. The van der Waals surface area contributed by atoms with Crippen LogP contribution in [0.2, 0.25) is 0 Å². The molecule has 0 aliphatic heterocycles. The second-order valence-corrected chi connectivity index (χ2v) is 2.22. The molecule has 0 saturated carbocycles. The number of rotatable bonds is 2. The van der Waals surface area contributed by atoms with E-state index in [0.29, 0.717) is 5.69 Å². The van der Waals surface area contributed by atoms with Crippen LogP contribution in [0, 0.1) is 5.82 Å². The predicted molar refractivity (Wildman–Crippen MR) is 45.9 cm³/mol. The minimum Gasteiger partial charge on any atom is -0.465 e. The highest BCUT2D eigenvalue weighted by atomic mass is 19.1. The molecular weight excluding hydrogens is 175 g/mol. The fourth-order valence-electron chi connectivity index (χ4n) is 0.777. The van der Waals surface area contributed by atoms with Gasteiger partial charge in [0.25, 0.3) is 0 Å². The number of carboxylic acid groups (broad SMARTS) is 1. The first-order valence-electron chi connectivity index (χ1n) is 3.41. The molecule has 1 rings (SSSR count). The normalized spacial score (nSPS) is 9.31. The molecule has 1 aromatic rings. The van der Waals surface area contributed by atoms with E-state index in [1.807, 2.05) is 5.32 Å². The Morgan fingerprint density at radius 1 is 1.77 bits per heavy atom. The largest absolute Gasteiger partial charge is 0.465 e. The Hall–Kier alpha value is -1.91. The van der Waals surface area contributed by atoms with Gasteiger partial charge in [-0.05, 0) is 12.1 Å². The summed E-state index contributed by atoms with van der Waals surface area (Å²) in [5, 5.41) is 10.2. The van der Waals surface area contributed by atoms with Crippen LogP contribution in [-0.2, 0) is 0 Å². The number of halogens is 1. The number of carbonyl (C=O) groups is 1. The number of hydrogen-bond donors (Lipinski definition) is 2. The van der Waals surface area contributed by atoms with E-state index >= 15 is 0 Å². The summed E-state index contributed by atoms with van der Waals surface area (Å²) in [7, 11) is 0. The van der Waals surface area contributed by atoms with Crippen LogP contribution in [0.15, 0.2) is 18.8 Å². The highest BCUT2D eigenvalue weighted by Gasteiger charge is 2.05. The summed E-state index contributed by atoms with van der Waals surface area (Å²) in [6.45, 7) is 3.42. The standard InChI is InChI=1S/C8H7FN2O2/c1-2-5-3-7(11-8(12)13)6(9)4-10-5/h2-4H,1H2,(H,10,11)(H,12,13). The molecule has 0 aromatic carbocycles. The first-order chi connectivity index (χ1) is 6.13. The van der Waals surface area contributed by atoms with E-state index in [2.05, 4.69) is 11.6 Å². The molecule has 0 bridgehead atoms. The number of aromatic nitrogens is 1. The third-order valence-electron chi connectivity index (χ3n) is 1.33. The maximum Gasteiger partial charge on any atom is 0.409 e. The lowest BCUT2D eigenvalue weighted by atomic mass is 10.3. The molecule has 0 aliphatic carbocycles. The average Bonchev–Trinajstić information content (AvgIpc) is 2.08. The first-order valence-corrected chi connectivity index (χ1v) is 3.41. The molecule has 0 atom stereocenters. The van der Waals surface area contributed by atoms with E-state index in [1.165, 1.54) is 12.1 Å². The lowest BCUT2D eigenvalue weighted by molar-refractivity contribution is 0.209. The van der Waals surface area contributed by atoms with Gasteiger partial charge in [-0.3, -0.25) is 10.3 Å². The van der Waals surface area contributed by atoms with Crippen LogP contribution in [0.1, 0.15) is 5.69 Å². The number of nitrogens with one attached hydrogen (secondary N) is 1. The van der Waals surface area contributed by atoms with Crippen LogP contribution in [-0.4, -0.2) is 16.2 Å². The topological polar surface area (TPSA) is 62.2 Å². The van der Waals surface area contributed by atoms with Gasteiger partial charge in [0, 0.05) is 0 Å². The summed E-state index contributed by atoms with van der Waals surface area (Å²) in [5.74, 6) is -0.715. The van der Waals surface area contributed by atoms with Gasteiger partial charge in [-0.1, -0.05) is 6.58 Å². The van der Waals surface area contributed by atoms with Crippen molar-refractivity contribution < 1.29 is 14.3 Å². The molecule has 1 aromatic heterocycles. The summed E-state index contributed by atoms with van der Waals surface area (Å²) in [6.07, 6.45) is 1.01. The Morgan fingerprint density at radius 2 is 2.46 bits per heavy atom. The van der Waals surface area contributed by atoms with Crippen molar-refractivity contribution in [1.82, 2.24) is 4.98 Å². The van der Waals surface area contributed by atoms with Gasteiger partial charge in [0.05, 0.1) is 17.6 Å². The van der Waals surface area contributed by atoms with Crippen molar-refractivity contribution in [3.8, 4) is 0 Å². The fraction of sp³-hybridized carbons (Fsp3) is 0. The molecule has 13 heavy (non-hydrogen) atoms. The zero-order chi connectivity index (χ0) is 9.84. The van der Waals surface area contributed by atoms with Gasteiger partial charge >= 0.3 is 6.09 Å². The lowest BCUT2D eigenvalue weighted by Crippen LogP contribution is -2.09. The Morgan fingerprint density at radius 3 is 3.00 bits per heavy atom. The summed E-state index contributed by atoms with van der Waals surface area (Å²) in [4.78, 5) is 13.8. The second-order valence-electron chi connectivity index (χ2n) is 2.22. The second kappa shape index (κ2) is 3.66. The molecule has 0 aliphatic rings. The molecule has 0 unspecified atom stereocenters. The summed E-state index contributed by atoms with van der Waals surface area (Å²) < 4.78 is 12.8. The van der Waals surface area contributed by atoms with Crippen molar-refractivity contribution in [3.05, 3.63) is 30.4 Å². The monoisotopic (exact) mass is 182 g/mol. The zero-order valence-electron chi connectivity index (χ0n) is 6.62. The Balaban J connectivity index is 3.03. The van der Waals surface area contributed by atoms with Crippen LogP contribution in [0.25, 0.3) is 6.08 Å². The third kappa shape index (κ3) is 2.26. The summed E-state index contributed by atoms with van der Waals surface area (Å²) in [6, 6.07) is 1.26. The predicted octanol–water partition coefficient (Wildman–Crippen LogP) is 1.95. The number of anilines is 1. The Kier molecular flexibility index (Phi) is 2.59. The number of hydrogen-bond acceptors (Lipinski definition) is 2. The van der Waals surface area contributed by atoms with E-state index in [-0.39, 0.29) is 5.69 Å². The minimum atomic E-state index is -1.32. The fourth-order valence-corrected chi connectivity index (χ4v) is 0.777. The molecule has 0 spiro atoms. The van der Waals surface area contributed by atoms with Gasteiger partial charge in [-0.15, -0.1) is 0 Å². The highest BCUT2D eigenvalue weighted by molar-refractivity contribution is 5.83. The minimum absolute atomic E-state index is 0.127. The molecule has 2 N–H and O–H groups in total. The molecule has 0 radical (unpaired) electrons. The summed E-state index contributed by atoms with van der Waals surface area (Å²) >= 11 is 0. The number of pyridine rings is 1. The van der Waals surface area contributed by atoms with E-state index in [0.717, 1.165) is 6.20 Å². The first kappa shape index (κ1) is 9.18. The average molecular weight is 182 g/mol. The molecule has 1 heterocycles. The van der Waals surface area contributed by atoms with Crippen LogP contribution in [0.4, 0.5) is 14.9 Å². The number of amides is 1. The third-order valence-corrected chi connectivity index (χ3v) is 1.33. The highest BCUT2D eigenvalue weighted by Crippen LogP contribution is 2.14. The molecule has 0 fully saturated rings. The van der Waals surface area contributed by atoms with Crippen LogP contribution >= 0.6 is 0 Å². The van der Waals surface area contributed by atoms with E-state index in [1.54, 1.807) is 0 Å². The van der Waals surface area contributed by atoms with Crippen LogP contribution < -0.4 is 5.32 Å². The maximum absolute atomic E-state index is 12.8. The Labute approximate surface area is 73.7 Å². The van der Waals surface area contributed by atoms with E-state index in [9.17, 15) is 9.18 Å². The maximum atomic E-state index is 12.8. The van der Waals surface area contributed by atoms with Gasteiger partial charge in [0.1, 0.15) is 0 Å². The van der Waals surface area contributed by atoms with Crippen LogP contribution in [0.5, 0.6) is 0 Å². The van der Waals surface area contributed by atoms with Crippen molar-refractivity contribution in [1.29, 1.82) is 0 Å². The molecule has 0 saturated heterocycles. The van der Waals surface area contributed by atoms with E-state index in [4.69, 9.17) is 5.11 Å². The van der Waals surface area contributed by atoms with Crippen molar-refractivity contribution in [2.24, 2.45) is 0 Å². The zero-order valence-corrected chi connectivity index (χ0v) is 6.62. The van der Waals surface area contributed by atoms with Crippen LogP contribution in [0.3, 0.4) is 0 Å². The van der Waals surface area contributed by atoms with Crippen molar-refractivity contribution in [2.75, 3.05) is 5.32 Å². The van der Waals surface area contributed by atoms with Crippen molar-refractivity contribution in [3.63, 3.8) is 0 Å². The molecule has 4 nitrogen and oxygen atoms in total. The lowest BCUT2D eigenvalue weighted by Gasteiger charge is -2.02. The SMILES string of the molecule is C=Cc1cc(NC(=O)O)c(F)cn1. The van der Waals surface area contributed by atoms with Gasteiger partial charge < -0.3 is 5.11 Å².